The first kappa shape index (κ1) is 34.0. The van der Waals surface area contributed by atoms with E-state index in [1.54, 1.807) is 11.0 Å². The van der Waals surface area contributed by atoms with E-state index in [0.29, 0.717) is 36.4 Å². The first-order valence-electron chi connectivity index (χ1n) is 15.8. The second-order valence-electron chi connectivity index (χ2n) is 13.6. The van der Waals surface area contributed by atoms with Gasteiger partial charge in [-0.3, -0.25) is 9.78 Å². The van der Waals surface area contributed by atoms with Crippen molar-refractivity contribution in [3.05, 3.63) is 94.7 Å². The molecule has 1 aliphatic heterocycles. The first-order chi connectivity index (χ1) is 22.1. The number of halogens is 1. The maximum atomic E-state index is 15.5. The Morgan fingerprint density at radius 2 is 1.74 bits per heavy atom. The van der Waals surface area contributed by atoms with E-state index in [1.807, 2.05) is 52.0 Å². The van der Waals surface area contributed by atoms with Crippen LogP contribution in [0, 0.1) is 25.1 Å². The van der Waals surface area contributed by atoms with Crippen LogP contribution in [0.4, 0.5) is 10.3 Å². The average molecular weight is 660 g/mol. The van der Waals surface area contributed by atoms with Crippen molar-refractivity contribution in [1.82, 2.24) is 19.9 Å². The Morgan fingerprint density at radius 1 is 1.04 bits per heavy atom. The monoisotopic (exact) mass is 659 g/mol. The Balaban J connectivity index is 1.66. The summed E-state index contributed by atoms with van der Waals surface area (Å²) in [6.45, 7) is 13.8. The van der Waals surface area contributed by atoms with E-state index in [4.69, 9.17) is 4.74 Å². The standard InChI is InChI=1S/C36H42FN5O4S/c1-22(2)46-28-18-30(37)32(38-20-28)21-42-27(19-36(5,6)7)15-14-26-17-31(33-23(3)10-8-11-24(33)4)40-35(39-26)41-47(44,45)29-13-9-12-25(16-29)34(42)43/h8-13,16-18,20,22,27H,14-15,19,21H2,1-7H3,(H,39,40,41)/t27-/m0/s1. The highest BCUT2D eigenvalue weighted by atomic mass is 32.2. The number of carbonyl (C=O) groups excluding carboxylic acids is 1. The number of hydrogen-bond donors (Lipinski definition) is 1. The van der Waals surface area contributed by atoms with Crippen molar-refractivity contribution in [1.29, 1.82) is 0 Å². The molecule has 3 heterocycles. The number of pyridine rings is 1. The van der Waals surface area contributed by atoms with Crippen molar-refractivity contribution in [2.45, 2.75) is 91.3 Å². The molecule has 1 N–H and O–H groups in total. The van der Waals surface area contributed by atoms with Gasteiger partial charge in [0.1, 0.15) is 11.6 Å². The zero-order valence-electron chi connectivity index (χ0n) is 28.0. The molecule has 0 radical (unpaired) electrons. The van der Waals surface area contributed by atoms with Crippen LogP contribution in [0.3, 0.4) is 0 Å². The Bertz CT molecular complexity index is 1890. The van der Waals surface area contributed by atoms with Crippen LogP contribution in [0.5, 0.6) is 5.75 Å². The molecule has 11 heteroatoms. The van der Waals surface area contributed by atoms with Gasteiger partial charge in [-0.25, -0.2) is 27.5 Å². The Labute approximate surface area is 276 Å². The summed E-state index contributed by atoms with van der Waals surface area (Å²) in [5, 5.41) is 0. The number of fused-ring (bicyclic) bond motifs is 4. The van der Waals surface area contributed by atoms with E-state index in [1.165, 1.54) is 30.5 Å². The van der Waals surface area contributed by atoms with Crippen molar-refractivity contribution in [3.63, 3.8) is 0 Å². The summed E-state index contributed by atoms with van der Waals surface area (Å²) >= 11 is 0. The van der Waals surface area contributed by atoms with Crippen LogP contribution in [0.1, 0.15) is 80.3 Å². The van der Waals surface area contributed by atoms with Gasteiger partial charge < -0.3 is 9.64 Å². The molecule has 47 heavy (non-hydrogen) atoms. The molecule has 248 valence electrons. The smallest absolute Gasteiger partial charge is 0.264 e. The SMILES string of the molecule is Cc1cccc(C)c1-c1cc2nc(n1)NS(=O)(=O)c1cccc(c1)C(=O)N(Cc1ncc(OC(C)C)cc1F)[C@H](CC(C)(C)C)CC2. The van der Waals surface area contributed by atoms with Crippen LogP contribution in [0.15, 0.2) is 65.7 Å². The molecule has 4 aromatic rings. The third-order valence-electron chi connectivity index (χ3n) is 8.00. The van der Waals surface area contributed by atoms with Crippen LogP contribution in [-0.4, -0.2) is 46.3 Å². The summed E-state index contributed by atoms with van der Waals surface area (Å²) in [5.41, 5.74) is 4.16. The highest BCUT2D eigenvalue weighted by molar-refractivity contribution is 7.92. The van der Waals surface area contributed by atoms with E-state index >= 15 is 4.39 Å². The van der Waals surface area contributed by atoms with Gasteiger partial charge in [0.25, 0.3) is 15.9 Å². The van der Waals surface area contributed by atoms with Crippen LogP contribution in [-0.2, 0) is 23.0 Å². The molecule has 2 aromatic carbocycles. The van der Waals surface area contributed by atoms with Gasteiger partial charge in [-0.2, -0.15) is 0 Å². The van der Waals surface area contributed by atoms with Gasteiger partial charge in [-0.15, -0.1) is 0 Å². The molecule has 5 rings (SSSR count). The maximum Gasteiger partial charge on any atom is 0.264 e. The largest absolute Gasteiger partial charge is 0.489 e. The number of nitrogens with zero attached hydrogens (tertiary/aromatic N) is 4. The molecule has 1 aliphatic rings. The number of rotatable bonds is 6. The number of sulfonamides is 1. The van der Waals surface area contributed by atoms with Crippen molar-refractivity contribution in [2.24, 2.45) is 5.41 Å². The van der Waals surface area contributed by atoms with E-state index in [0.717, 1.165) is 16.7 Å². The number of carbonyl (C=O) groups is 1. The molecule has 9 nitrogen and oxygen atoms in total. The van der Waals surface area contributed by atoms with Gasteiger partial charge in [-0.05, 0) is 87.8 Å². The third-order valence-corrected chi connectivity index (χ3v) is 9.33. The summed E-state index contributed by atoms with van der Waals surface area (Å²) in [4.78, 5) is 29.5. The van der Waals surface area contributed by atoms with Crippen molar-refractivity contribution < 1.29 is 22.3 Å². The summed E-state index contributed by atoms with van der Waals surface area (Å²) < 4.78 is 51.0. The number of anilines is 1. The molecule has 1 atom stereocenters. The van der Waals surface area contributed by atoms with Crippen LogP contribution in [0.25, 0.3) is 11.3 Å². The fourth-order valence-electron chi connectivity index (χ4n) is 5.98. The second-order valence-corrected chi connectivity index (χ2v) is 15.3. The van der Waals surface area contributed by atoms with Gasteiger partial charge in [0.15, 0.2) is 0 Å². The molecule has 0 saturated heterocycles. The molecular weight excluding hydrogens is 617 g/mol. The van der Waals surface area contributed by atoms with E-state index in [9.17, 15) is 13.2 Å². The topological polar surface area (TPSA) is 114 Å². The second kappa shape index (κ2) is 13.4. The molecule has 2 aromatic heterocycles. The van der Waals surface area contributed by atoms with E-state index < -0.39 is 21.7 Å². The third kappa shape index (κ3) is 8.13. The quantitative estimate of drug-likeness (QED) is 0.231. The lowest BCUT2D eigenvalue weighted by molar-refractivity contribution is 0.0589. The molecule has 1 amide bonds. The number of benzene rings is 2. The Kier molecular flexibility index (Phi) is 9.68. The minimum Gasteiger partial charge on any atom is -0.489 e. The van der Waals surface area contributed by atoms with Gasteiger partial charge in [0, 0.05) is 28.9 Å². The van der Waals surface area contributed by atoms with Crippen molar-refractivity contribution in [3.8, 4) is 17.0 Å². The molecule has 4 bridgehead atoms. The number of aryl methyl sites for hydroxylation is 3. The zero-order valence-corrected chi connectivity index (χ0v) is 28.8. The lowest BCUT2D eigenvalue weighted by Crippen LogP contribution is -2.42. The van der Waals surface area contributed by atoms with Crippen LogP contribution < -0.4 is 9.46 Å². The van der Waals surface area contributed by atoms with Crippen LogP contribution in [0.2, 0.25) is 0 Å². The zero-order chi connectivity index (χ0) is 34.1. The molecule has 0 saturated carbocycles. The van der Waals surface area contributed by atoms with Crippen LogP contribution >= 0.6 is 0 Å². The molecule has 0 unspecified atom stereocenters. The summed E-state index contributed by atoms with van der Waals surface area (Å²) in [6.07, 6.45) is 2.78. The maximum absolute atomic E-state index is 15.5. The van der Waals surface area contributed by atoms with Gasteiger partial charge in [0.05, 0.1) is 35.1 Å². The van der Waals surface area contributed by atoms with Gasteiger partial charge >= 0.3 is 0 Å². The number of ether oxygens (including phenoxy) is 1. The summed E-state index contributed by atoms with van der Waals surface area (Å²) in [6, 6.07) is 14.6. The fourth-order valence-corrected chi connectivity index (χ4v) is 6.97. The highest BCUT2D eigenvalue weighted by Crippen LogP contribution is 2.32. The highest BCUT2D eigenvalue weighted by Gasteiger charge is 2.31. The Morgan fingerprint density at radius 3 is 2.40 bits per heavy atom. The summed E-state index contributed by atoms with van der Waals surface area (Å²) in [7, 11) is -4.17. The number of aromatic nitrogens is 3. The van der Waals surface area contributed by atoms with Crippen molar-refractivity contribution in [2.75, 3.05) is 4.72 Å². The predicted octanol–water partition coefficient (Wildman–Crippen LogP) is 7.28. The minimum absolute atomic E-state index is 0.0460. The van der Waals surface area contributed by atoms with Crippen molar-refractivity contribution >= 4 is 21.9 Å². The molecule has 0 aliphatic carbocycles. The Hall–Kier alpha value is -4.38. The average Bonchev–Trinajstić information content (AvgIpc) is 2.97. The minimum atomic E-state index is -4.17. The van der Waals surface area contributed by atoms with Gasteiger partial charge in [0.2, 0.25) is 5.95 Å². The van der Waals surface area contributed by atoms with E-state index in [-0.39, 0.29) is 46.2 Å². The number of hydrogen-bond acceptors (Lipinski definition) is 7. The van der Waals surface area contributed by atoms with Gasteiger partial charge in [-0.1, -0.05) is 45.0 Å². The lowest BCUT2D eigenvalue weighted by Gasteiger charge is -2.36. The predicted molar refractivity (Wildman–Crippen MR) is 180 cm³/mol. The number of nitrogens with one attached hydrogen (secondary N) is 1. The summed E-state index contributed by atoms with van der Waals surface area (Å²) in [5.74, 6) is -0.760. The molecule has 0 fully saturated rings. The first-order valence-corrected chi connectivity index (χ1v) is 17.3. The fraction of sp³-hybridized carbons (Fsp3) is 0.389. The molecule has 0 spiro atoms. The number of amides is 1. The lowest BCUT2D eigenvalue weighted by atomic mass is 9.85. The van der Waals surface area contributed by atoms with E-state index in [2.05, 4.69) is 40.4 Å². The normalized spacial score (nSPS) is 16.6. The molecular formula is C36H42FN5O4S.